The van der Waals surface area contributed by atoms with Gasteiger partial charge in [0, 0.05) is 20.8 Å². The van der Waals surface area contributed by atoms with Gasteiger partial charge in [-0.1, -0.05) is 103 Å². The number of nitrogens with two attached hydrogens (primary N) is 1. The molecule has 31 heavy (non-hydrogen) atoms. The predicted molar refractivity (Wildman–Crippen MR) is 129 cm³/mol. The molecule has 0 aliphatic rings. The van der Waals surface area contributed by atoms with E-state index in [1.165, 1.54) is 103 Å². The SMILES string of the molecule is CC(=O)O.CC(=O)O.CC(=O)O.CCCCCCCCCCCCCCCCCCN. The fraction of sp³-hybridized carbons (Fsp3) is 0.875. The van der Waals surface area contributed by atoms with Crippen molar-refractivity contribution < 1.29 is 29.7 Å². The molecule has 0 spiro atoms. The highest BCUT2D eigenvalue weighted by atomic mass is 16.4. The highest BCUT2D eigenvalue weighted by molar-refractivity contribution is 5.63. The quantitative estimate of drug-likeness (QED) is 0.198. The van der Waals surface area contributed by atoms with Crippen LogP contribution in [0.5, 0.6) is 0 Å². The van der Waals surface area contributed by atoms with Gasteiger partial charge in [-0.3, -0.25) is 14.4 Å². The lowest BCUT2D eigenvalue weighted by Gasteiger charge is -2.03. The highest BCUT2D eigenvalue weighted by Gasteiger charge is 1.94. The van der Waals surface area contributed by atoms with Gasteiger partial charge in [-0.05, 0) is 13.0 Å². The van der Waals surface area contributed by atoms with Crippen LogP contribution in [0.25, 0.3) is 0 Å². The molecule has 0 unspecified atom stereocenters. The molecule has 0 aromatic rings. The first-order valence-corrected chi connectivity index (χ1v) is 11.9. The van der Waals surface area contributed by atoms with Gasteiger partial charge in [0.05, 0.1) is 0 Å². The maximum atomic E-state index is 9.00. The highest BCUT2D eigenvalue weighted by Crippen LogP contribution is 2.13. The first-order valence-electron chi connectivity index (χ1n) is 11.9. The van der Waals surface area contributed by atoms with Gasteiger partial charge < -0.3 is 21.1 Å². The Balaban J connectivity index is -0.000000247. The second kappa shape index (κ2) is 35.8. The molecule has 0 bridgehead atoms. The Kier molecular flexibility index (Phi) is 42.4. The first kappa shape index (κ1) is 36.7. The zero-order chi connectivity index (χ0) is 24.8. The summed E-state index contributed by atoms with van der Waals surface area (Å²) in [6.45, 7) is 6.41. The van der Waals surface area contributed by atoms with E-state index in [0.29, 0.717) is 0 Å². The van der Waals surface area contributed by atoms with Gasteiger partial charge >= 0.3 is 0 Å². The van der Waals surface area contributed by atoms with Crippen LogP contribution in [0.2, 0.25) is 0 Å². The predicted octanol–water partition coefficient (Wildman–Crippen LogP) is 6.48. The van der Waals surface area contributed by atoms with Gasteiger partial charge in [0.25, 0.3) is 17.9 Å². The Bertz CT molecular complexity index is 319. The van der Waals surface area contributed by atoms with Crippen LogP contribution in [0.4, 0.5) is 0 Å². The van der Waals surface area contributed by atoms with Gasteiger partial charge in [0.15, 0.2) is 0 Å². The van der Waals surface area contributed by atoms with Crippen LogP contribution in [-0.4, -0.2) is 39.8 Å². The van der Waals surface area contributed by atoms with Crippen LogP contribution >= 0.6 is 0 Å². The van der Waals surface area contributed by atoms with Crippen LogP contribution in [0.3, 0.4) is 0 Å². The summed E-state index contributed by atoms with van der Waals surface area (Å²) in [5.41, 5.74) is 5.48. The van der Waals surface area contributed by atoms with E-state index < -0.39 is 17.9 Å². The third-order valence-electron chi connectivity index (χ3n) is 4.06. The fourth-order valence-electron chi connectivity index (χ4n) is 2.69. The number of carboxylic acid groups (broad SMARTS) is 3. The van der Waals surface area contributed by atoms with Gasteiger partial charge in [-0.25, -0.2) is 0 Å². The minimum absolute atomic E-state index is 0.833. The van der Waals surface area contributed by atoms with Crippen molar-refractivity contribution in [3.05, 3.63) is 0 Å². The van der Waals surface area contributed by atoms with Gasteiger partial charge in [-0.15, -0.1) is 0 Å². The van der Waals surface area contributed by atoms with Crippen LogP contribution in [0, 0.1) is 0 Å². The van der Waals surface area contributed by atoms with Gasteiger partial charge in [0.2, 0.25) is 0 Å². The molecular formula is C24H51NO6. The normalized spacial score (nSPS) is 9.19. The second-order valence-corrected chi connectivity index (χ2v) is 7.65. The van der Waals surface area contributed by atoms with Crippen molar-refractivity contribution in [2.75, 3.05) is 6.54 Å². The monoisotopic (exact) mass is 449 g/mol. The lowest BCUT2D eigenvalue weighted by molar-refractivity contribution is -0.135. The minimum Gasteiger partial charge on any atom is -0.481 e. The molecule has 0 aromatic carbocycles. The molecule has 0 saturated carbocycles. The summed E-state index contributed by atoms with van der Waals surface area (Å²) >= 11 is 0. The third-order valence-corrected chi connectivity index (χ3v) is 4.06. The summed E-state index contributed by atoms with van der Waals surface area (Å²) in [5.74, 6) is -2.50. The molecule has 7 heteroatoms. The molecule has 0 amide bonds. The van der Waals surface area contributed by atoms with E-state index >= 15 is 0 Å². The van der Waals surface area contributed by atoms with Crippen LogP contribution < -0.4 is 5.73 Å². The molecule has 0 fully saturated rings. The molecule has 0 rings (SSSR count). The van der Waals surface area contributed by atoms with E-state index in [2.05, 4.69) is 6.92 Å². The number of hydrogen-bond acceptors (Lipinski definition) is 4. The lowest BCUT2D eigenvalue weighted by atomic mass is 10.0. The Labute approximate surface area is 190 Å². The molecule has 0 aliphatic carbocycles. The van der Waals surface area contributed by atoms with Gasteiger partial charge in [-0.2, -0.15) is 0 Å². The molecule has 0 atom stereocenters. The van der Waals surface area contributed by atoms with Crippen molar-refractivity contribution in [1.82, 2.24) is 0 Å². The molecule has 0 saturated heterocycles. The van der Waals surface area contributed by atoms with Crippen molar-refractivity contribution in [3.63, 3.8) is 0 Å². The summed E-state index contributed by atoms with van der Waals surface area (Å²) in [5, 5.41) is 22.2. The number of aliphatic carboxylic acids is 3. The Hall–Kier alpha value is -1.63. The topological polar surface area (TPSA) is 138 Å². The van der Waals surface area contributed by atoms with E-state index in [1.807, 2.05) is 0 Å². The van der Waals surface area contributed by atoms with Crippen molar-refractivity contribution in [3.8, 4) is 0 Å². The Morgan fingerprint density at radius 2 is 0.645 bits per heavy atom. The molecule has 0 aromatic heterocycles. The van der Waals surface area contributed by atoms with Crippen LogP contribution in [-0.2, 0) is 14.4 Å². The van der Waals surface area contributed by atoms with E-state index in [9.17, 15) is 0 Å². The van der Waals surface area contributed by atoms with E-state index in [0.717, 1.165) is 27.3 Å². The van der Waals surface area contributed by atoms with Crippen molar-refractivity contribution in [2.24, 2.45) is 5.73 Å². The maximum absolute atomic E-state index is 9.00. The summed E-state index contributed by atoms with van der Waals surface area (Å²) < 4.78 is 0. The second-order valence-electron chi connectivity index (χ2n) is 7.65. The summed E-state index contributed by atoms with van der Waals surface area (Å²) in [6.07, 6.45) is 22.9. The summed E-state index contributed by atoms with van der Waals surface area (Å²) in [4.78, 5) is 27.0. The zero-order valence-corrected chi connectivity index (χ0v) is 20.7. The average Bonchev–Trinajstić information content (AvgIpc) is 2.63. The molecule has 5 N–H and O–H groups in total. The number of carbonyl (C=O) groups is 3. The molecule has 0 radical (unpaired) electrons. The molecule has 188 valence electrons. The van der Waals surface area contributed by atoms with E-state index in [4.69, 9.17) is 35.4 Å². The minimum atomic E-state index is -0.833. The number of rotatable bonds is 16. The van der Waals surface area contributed by atoms with Crippen molar-refractivity contribution in [1.29, 1.82) is 0 Å². The van der Waals surface area contributed by atoms with Crippen LogP contribution in [0.1, 0.15) is 130 Å². The Morgan fingerprint density at radius 1 is 0.484 bits per heavy atom. The smallest absolute Gasteiger partial charge is 0.300 e. The molecule has 7 nitrogen and oxygen atoms in total. The maximum Gasteiger partial charge on any atom is 0.300 e. The standard InChI is InChI=1S/C18H39N.3C2H4O2/c1-2-3-4-5-6-7-8-9-10-11-12-13-14-15-16-17-18-19;3*1-2(3)4/h2-19H2,1H3;3*1H3,(H,3,4). The van der Waals surface area contributed by atoms with E-state index in [1.54, 1.807) is 0 Å². The largest absolute Gasteiger partial charge is 0.481 e. The van der Waals surface area contributed by atoms with Gasteiger partial charge in [0.1, 0.15) is 0 Å². The summed E-state index contributed by atoms with van der Waals surface area (Å²) in [7, 11) is 0. The third kappa shape index (κ3) is 95.5. The van der Waals surface area contributed by atoms with Crippen molar-refractivity contribution >= 4 is 17.9 Å². The van der Waals surface area contributed by atoms with Crippen molar-refractivity contribution in [2.45, 2.75) is 130 Å². The average molecular weight is 450 g/mol. The molecular weight excluding hydrogens is 398 g/mol. The summed E-state index contributed by atoms with van der Waals surface area (Å²) in [6, 6.07) is 0. The molecule has 0 aliphatic heterocycles. The number of unbranched alkanes of at least 4 members (excludes halogenated alkanes) is 15. The Morgan fingerprint density at radius 3 is 0.806 bits per heavy atom. The number of carboxylic acids is 3. The fourth-order valence-corrected chi connectivity index (χ4v) is 2.69. The molecule has 0 heterocycles. The lowest BCUT2D eigenvalue weighted by Crippen LogP contribution is -1.97. The van der Waals surface area contributed by atoms with Crippen LogP contribution in [0.15, 0.2) is 0 Å². The number of hydrogen-bond donors (Lipinski definition) is 4. The first-order chi connectivity index (χ1) is 14.6. The zero-order valence-electron chi connectivity index (χ0n) is 20.7. The van der Waals surface area contributed by atoms with E-state index in [-0.39, 0.29) is 0 Å².